The first-order valence-electron chi connectivity index (χ1n) is 3.62. The molecule has 1 aromatic heterocycles. The summed E-state index contributed by atoms with van der Waals surface area (Å²) in [6, 6.07) is 0. The highest BCUT2D eigenvalue weighted by atomic mass is 15.4. The molecule has 0 aromatic carbocycles. The van der Waals surface area contributed by atoms with E-state index >= 15 is 0 Å². The molecule has 3 N–H and O–H groups in total. The van der Waals surface area contributed by atoms with Gasteiger partial charge in [0.2, 0.25) is 5.95 Å². The van der Waals surface area contributed by atoms with Crippen LogP contribution in [0.25, 0.3) is 0 Å². The summed E-state index contributed by atoms with van der Waals surface area (Å²) in [6.07, 6.45) is 3.58. The molecule has 1 aliphatic heterocycles. The second-order valence-electron chi connectivity index (χ2n) is 2.45. The van der Waals surface area contributed by atoms with Crippen LogP contribution in [0.3, 0.4) is 0 Å². The van der Waals surface area contributed by atoms with E-state index in [0.29, 0.717) is 0 Å². The molecule has 1 aliphatic rings. The molecule has 0 aliphatic carbocycles. The molecular weight excluding hydrogens is 142 g/mol. The van der Waals surface area contributed by atoms with Gasteiger partial charge in [-0.3, -0.25) is 10.6 Å². The van der Waals surface area contributed by atoms with Gasteiger partial charge in [-0.15, -0.1) is 0 Å². The van der Waals surface area contributed by atoms with E-state index in [0.717, 1.165) is 26.0 Å². The lowest BCUT2D eigenvalue weighted by Gasteiger charge is -2.27. The highest BCUT2D eigenvalue weighted by molar-refractivity contribution is 5.28. The fourth-order valence-corrected chi connectivity index (χ4v) is 1.11. The second-order valence-corrected chi connectivity index (χ2v) is 2.45. The number of imidazole rings is 1. The van der Waals surface area contributed by atoms with Crippen molar-refractivity contribution in [3.05, 3.63) is 12.4 Å². The first-order valence-corrected chi connectivity index (χ1v) is 3.62. The summed E-state index contributed by atoms with van der Waals surface area (Å²) in [5, 5.41) is 6.36. The van der Waals surface area contributed by atoms with E-state index in [-0.39, 0.29) is 0 Å². The summed E-state index contributed by atoms with van der Waals surface area (Å²) in [5.74, 6) is 0.907. The third-order valence-corrected chi connectivity index (χ3v) is 1.64. The Morgan fingerprint density at radius 1 is 1.36 bits per heavy atom. The zero-order valence-corrected chi connectivity index (χ0v) is 6.17. The molecule has 1 fully saturated rings. The fraction of sp³-hybridized carbons (Fsp3) is 0.500. The first-order chi connectivity index (χ1) is 5.47. The van der Waals surface area contributed by atoms with Crippen molar-refractivity contribution in [1.82, 2.24) is 20.6 Å². The minimum absolute atomic E-state index is 0.848. The quantitative estimate of drug-likeness (QED) is 0.498. The van der Waals surface area contributed by atoms with Crippen LogP contribution >= 0.6 is 0 Å². The molecule has 0 amide bonds. The predicted octanol–water partition coefficient (Wildman–Crippen LogP) is -0.719. The highest BCUT2D eigenvalue weighted by Crippen LogP contribution is 2.03. The van der Waals surface area contributed by atoms with Gasteiger partial charge >= 0.3 is 0 Å². The van der Waals surface area contributed by atoms with Crippen molar-refractivity contribution in [2.75, 3.05) is 24.9 Å². The Bertz CT molecular complexity index is 201. The number of aromatic amines is 1. The van der Waals surface area contributed by atoms with Gasteiger partial charge in [0.25, 0.3) is 0 Å². The molecule has 0 atom stereocenters. The van der Waals surface area contributed by atoms with Gasteiger partial charge in [-0.05, 0) is 0 Å². The third-order valence-electron chi connectivity index (χ3n) is 1.64. The van der Waals surface area contributed by atoms with Gasteiger partial charge in [0, 0.05) is 19.1 Å². The van der Waals surface area contributed by atoms with Gasteiger partial charge in [-0.2, -0.15) is 0 Å². The van der Waals surface area contributed by atoms with Crippen molar-refractivity contribution >= 4 is 5.95 Å². The number of nitrogens with zero attached hydrogens (tertiary/aromatic N) is 2. The minimum Gasteiger partial charge on any atom is -0.331 e. The van der Waals surface area contributed by atoms with E-state index < -0.39 is 0 Å². The zero-order chi connectivity index (χ0) is 7.52. The normalized spacial score (nSPS) is 18.7. The smallest absolute Gasteiger partial charge is 0.204 e. The minimum atomic E-state index is 0.848. The van der Waals surface area contributed by atoms with Crippen LogP contribution in [-0.4, -0.2) is 30.0 Å². The lowest BCUT2D eigenvalue weighted by molar-refractivity contribution is 0.489. The van der Waals surface area contributed by atoms with Crippen LogP contribution in [0.1, 0.15) is 0 Å². The van der Waals surface area contributed by atoms with E-state index in [2.05, 4.69) is 25.5 Å². The van der Waals surface area contributed by atoms with E-state index in [1.54, 1.807) is 6.20 Å². The number of aromatic nitrogens is 2. The standard InChI is InChI=1S/C6H11N5/c1-2-10-6(9-1)11-4-7-3-8-5-11/h1-2,7-8H,3-5H2,(H,9,10). The van der Waals surface area contributed by atoms with Crippen LogP contribution in [0, 0.1) is 0 Å². The van der Waals surface area contributed by atoms with Crippen LogP contribution in [0.15, 0.2) is 12.4 Å². The Labute approximate surface area is 64.8 Å². The van der Waals surface area contributed by atoms with Crippen molar-refractivity contribution in [2.45, 2.75) is 0 Å². The summed E-state index contributed by atoms with van der Waals surface area (Å²) < 4.78 is 0. The van der Waals surface area contributed by atoms with Gasteiger partial charge in [0.05, 0.1) is 13.3 Å². The summed E-state index contributed by atoms with van der Waals surface area (Å²) >= 11 is 0. The lowest BCUT2D eigenvalue weighted by Crippen LogP contribution is -2.51. The SMILES string of the molecule is c1c[nH]c(N2CNCNC2)n1. The van der Waals surface area contributed by atoms with Gasteiger partial charge < -0.3 is 9.88 Å². The Morgan fingerprint density at radius 2 is 2.18 bits per heavy atom. The molecule has 1 saturated heterocycles. The number of nitrogens with one attached hydrogen (secondary N) is 3. The van der Waals surface area contributed by atoms with Crippen molar-refractivity contribution in [3.63, 3.8) is 0 Å². The number of H-pyrrole nitrogens is 1. The van der Waals surface area contributed by atoms with Crippen molar-refractivity contribution < 1.29 is 0 Å². The van der Waals surface area contributed by atoms with Crippen LogP contribution in [0.2, 0.25) is 0 Å². The highest BCUT2D eigenvalue weighted by Gasteiger charge is 2.10. The molecule has 2 rings (SSSR count). The van der Waals surface area contributed by atoms with Gasteiger partial charge in [-0.1, -0.05) is 0 Å². The van der Waals surface area contributed by atoms with Gasteiger partial charge in [0.15, 0.2) is 0 Å². The first kappa shape index (κ1) is 6.63. The molecular formula is C6H11N5. The van der Waals surface area contributed by atoms with Crippen molar-refractivity contribution in [2.24, 2.45) is 0 Å². The van der Waals surface area contributed by atoms with Gasteiger partial charge in [-0.25, -0.2) is 4.98 Å². The average Bonchev–Trinajstić information content (AvgIpc) is 2.58. The molecule has 1 aromatic rings. The number of hydrogen-bond donors (Lipinski definition) is 3. The van der Waals surface area contributed by atoms with E-state index in [9.17, 15) is 0 Å². The van der Waals surface area contributed by atoms with Crippen LogP contribution in [-0.2, 0) is 0 Å². The largest absolute Gasteiger partial charge is 0.331 e. The lowest BCUT2D eigenvalue weighted by atomic mass is 10.6. The molecule has 0 saturated carbocycles. The molecule has 0 radical (unpaired) electrons. The monoisotopic (exact) mass is 153 g/mol. The van der Waals surface area contributed by atoms with Crippen LogP contribution < -0.4 is 15.5 Å². The molecule has 0 unspecified atom stereocenters. The number of rotatable bonds is 1. The van der Waals surface area contributed by atoms with Crippen LogP contribution in [0.4, 0.5) is 5.95 Å². The molecule has 0 bridgehead atoms. The van der Waals surface area contributed by atoms with E-state index in [1.807, 2.05) is 6.20 Å². The summed E-state index contributed by atoms with van der Waals surface area (Å²) in [7, 11) is 0. The fourth-order valence-electron chi connectivity index (χ4n) is 1.11. The second kappa shape index (κ2) is 2.89. The Hall–Kier alpha value is -1.07. The molecule has 60 valence electrons. The molecule has 5 heteroatoms. The Balaban J connectivity index is 2.04. The molecule has 2 heterocycles. The van der Waals surface area contributed by atoms with Crippen LogP contribution in [0.5, 0.6) is 0 Å². The average molecular weight is 153 g/mol. The number of hydrogen-bond acceptors (Lipinski definition) is 4. The van der Waals surface area contributed by atoms with Crippen molar-refractivity contribution in [1.29, 1.82) is 0 Å². The topological polar surface area (TPSA) is 56.0 Å². The zero-order valence-electron chi connectivity index (χ0n) is 6.17. The van der Waals surface area contributed by atoms with E-state index in [1.165, 1.54) is 0 Å². The Morgan fingerprint density at radius 3 is 2.82 bits per heavy atom. The third kappa shape index (κ3) is 1.33. The summed E-state index contributed by atoms with van der Waals surface area (Å²) in [4.78, 5) is 9.26. The predicted molar refractivity (Wildman–Crippen MR) is 41.9 cm³/mol. The summed E-state index contributed by atoms with van der Waals surface area (Å²) in [6.45, 7) is 2.57. The Kier molecular flexibility index (Phi) is 1.74. The summed E-state index contributed by atoms with van der Waals surface area (Å²) in [5.41, 5.74) is 0. The molecule has 11 heavy (non-hydrogen) atoms. The van der Waals surface area contributed by atoms with Gasteiger partial charge in [0.1, 0.15) is 0 Å². The maximum Gasteiger partial charge on any atom is 0.204 e. The number of anilines is 1. The molecule has 0 spiro atoms. The van der Waals surface area contributed by atoms with E-state index in [4.69, 9.17) is 0 Å². The molecule has 5 nitrogen and oxygen atoms in total. The maximum atomic E-state index is 4.13. The maximum absolute atomic E-state index is 4.13. The van der Waals surface area contributed by atoms with Crippen molar-refractivity contribution in [3.8, 4) is 0 Å².